The van der Waals surface area contributed by atoms with Gasteiger partial charge in [-0.25, -0.2) is 13.4 Å². The summed E-state index contributed by atoms with van der Waals surface area (Å²) in [5, 5.41) is 0.104. The Bertz CT molecular complexity index is 665. The molecule has 1 aromatic rings. The molecule has 1 fully saturated rings. The van der Waals surface area contributed by atoms with Crippen molar-refractivity contribution in [2.24, 2.45) is 11.8 Å². The van der Waals surface area contributed by atoms with Gasteiger partial charge in [0.25, 0.3) is 0 Å². The predicted molar refractivity (Wildman–Crippen MR) is 77.7 cm³/mol. The van der Waals surface area contributed by atoms with Gasteiger partial charge in [-0.2, -0.15) is 4.31 Å². The maximum Gasteiger partial charge on any atom is 0.310 e. The van der Waals surface area contributed by atoms with Crippen LogP contribution in [0.5, 0.6) is 0 Å². The number of carbonyl (C=O) groups excluding carboxylic acids is 1. The molecule has 2 heterocycles. The Labute approximate surface area is 133 Å². The third-order valence-electron chi connectivity index (χ3n) is 3.49. The van der Waals surface area contributed by atoms with Gasteiger partial charge in [0.05, 0.1) is 18.1 Å². The monoisotopic (exact) mass is 352 g/mol. The van der Waals surface area contributed by atoms with Gasteiger partial charge in [-0.15, -0.1) is 0 Å². The summed E-state index contributed by atoms with van der Waals surface area (Å²) < 4.78 is 31.0. The van der Waals surface area contributed by atoms with Crippen molar-refractivity contribution in [1.82, 2.24) is 9.29 Å². The highest BCUT2D eigenvalue weighted by Gasteiger charge is 2.41. The number of hydrogen-bond acceptors (Lipinski definition) is 5. The minimum atomic E-state index is -3.77. The molecule has 0 spiro atoms. The Morgan fingerprint density at radius 1 is 1.43 bits per heavy atom. The van der Waals surface area contributed by atoms with E-state index < -0.39 is 21.9 Å². The Morgan fingerprint density at radius 3 is 2.67 bits per heavy atom. The van der Waals surface area contributed by atoms with Crippen LogP contribution in [0.2, 0.25) is 10.2 Å². The van der Waals surface area contributed by atoms with Gasteiger partial charge < -0.3 is 4.74 Å². The number of carbonyl (C=O) groups is 1. The van der Waals surface area contributed by atoms with E-state index in [2.05, 4.69) is 4.98 Å². The van der Waals surface area contributed by atoms with Gasteiger partial charge in [-0.3, -0.25) is 4.79 Å². The first kappa shape index (κ1) is 16.5. The molecule has 1 saturated heterocycles. The van der Waals surface area contributed by atoms with Crippen LogP contribution >= 0.6 is 23.2 Å². The van der Waals surface area contributed by atoms with Crippen molar-refractivity contribution >= 4 is 39.2 Å². The van der Waals surface area contributed by atoms with Crippen molar-refractivity contribution in [3.8, 4) is 0 Å². The maximum atomic E-state index is 12.5. The van der Waals surface area contributed by atoms with Gasteiger partial charge in [0.2, 0.25) is 10.0 Å². The molecule has 21 heavy (non-hydrogen) atoms. The van der Waals surface area contributed by atoms with E-state index in [-0.39, 0.29) is 34.1 Å². The van der Waals surface area contributed by atoms with Gasteiger partial charge in [0.15, 0.2) is 0 Å². The highest BCUT2D eigenvalue weighted by molar-refractivity contribution is 7.89. The molecule has 0 aromatic carbocycles. The van der Waals surface area contributed by atoms with Crippen LogP contribution < -0.4 is 0 Å². The Morgan fingerprint density at radius 2 is 2.10 bits per heavy atom. The summed E-state index contributed by atoms with van der Waals surface area (Å²) in [6, 6.07) is 1.25. The zero-order valence-corrected chi connectivity index (χ0v) is 13.7. The van der Waals surface area contributed by atoms with Gasteiger partial charge in [-0.1, -0.05) is 30.1 Å². The average molecular weight is 353 g/mol. The van der Waals surface area contributed by atoms with Crippen LogP contribution in [0.4, 0.5) is 0 Å². The number of sulfonamides is 1. The van der Waals surface area contributed by atoms with E-state index in [0.717, 1.165) is 6.20 Å². The van der Waals surface area contributed by atoms with Gasteiger partial charge in [0, 0.05) is 19.3 Å². The lowest BCUT2D eigenvalue weighted by atomic mass is 9.99. The van der Waals surface area contributed by atoms with E-state index in [9.17, 15) is 13.2 Å². The van der Waals surface area contributed by atoms with Crippen LogP contribution in [-0.4, -0.2) is 43.9 Å². The number of halogens is 2. The zero-order valence-electron chi connectivity index (χ0n) is 11.4. The van der Waals surface area contributed by atoms with Crippen LogP contribution in [0.25, 0.3) is 0 Å². The topological polar surface area (TPSA) is 76.6 Å². The minimum absolute atomic E-state index is 0.0397. The fourth-order valence-corrected chi connectivity index (χ4v) is 4.14. The number of hydrogen-bond donors (Lipinski definition) is 0. The summed E-state index contributed by atoms with van der Waals surface area (Å²) in [6.07, 6.45) is 1.15. The van der Waals surface area contributed by atoms with Crippen LogP contribution in [-0.2, 0) is 19.6 Å². The minimum Gasteiger partial charge on any atom is -0.469 e. The predicted octanol–water partition coefficient (Wildman–Crippen LogP) is 1.82. The lowest BCUT2D eigenvalue weighted by Crippen LogP contribution is -2.30. The molecule has 2 rings (SSSR count). The standard InChI is InChI=1S/C12H14Cl2N2O4S/c1-7-5-16(6-9(7)12(17)20-2)21(18,19)8-3-10(13)11(14)15-4-8/h3-4,7,9H,5-6H2,1-2H3. The average Bonchev–Trinajstić information content (AvgIpc) is 2.83. The first-order valence-corrected chi connectivity index (χ1v) is 8.36. The molecule has 2 atom stereocenters. The van der Waals surface area contributed by atoms with Crippen LogP contribution in [0.3, 0.4) is 0 Å². The van der Waals surface area contributed by atoms with E-state index in [1.165, 1.54) is 17.5 Å². The van der Waals surface area contributed by atoms with E-state index in [0.29, 0.717) is 0 Å². The number of aromatic nitrogens is 1. The number of ether oxygens (including phenoxy) is 1. The molecule has 0 aliphatic carbocycles. The molecule has 0 N–H and O–H groups in total. The van der Waals surface area contributed by atoms with E-state index >= 15 is 0 Å². The molecule has 0 amide bonds. The molecule has 0 saturated carbocycles. The Hall–Kier alpha value is -0.890. The second-order valence-electron chi connectivity index (χ2n) is 4.87. The maximum absolute atomic E-state index is 12.5. The zero-order chi connectivity index (χ0) is 15.8. The summed E-state index contributed by atoms with van der Waals surface area (Å²) in [5.74, 6) is -1.00. The van der Waals surface area contributed by atoms with Crippen LogP contribution in [0, 0.1) is 11.8 Å². The first-order valence-electron chi connectivity index (χ1n) is 6.16. The van der Waals surface area contributed by atoms with Crippen molar-refractivity contribution < 1.29 is 17.9 Å². The Balaban J connectivity index is 2.29. The number of methoxy groups -OCH3 is 1. The van der Waals surface area contributed by atoms with Crippen molar-refractivity contribution in [3.63, 3.8) is 0 Å². The molecule has 0 bridgehead atoms. The second kappa shape index (κ2) is 6.08. The molecule has 1 aliphatic heterocycles. The van der Waals surface area contributed by atoms with Crippen molar-refractivity contribution in [2.45, 2.75) is 11.8 Å². The van der Waals surface area contributed by atoms with Gasteiger partial charge in [0.1, 0.15) is 10.0 Å². The van der Waals surface area contributed by atoms with Crippen LogP contribution in [0.1, 0.15) is 6.92 Å². The summed E-state index contributed by atoms with van der Waals surface area (Å²) in [6.45, 7) is 2.13. The van der Waals surface area contributed by atoms with Gasteiger partial charge >= 0.3 is 5.97 Å². The van der Waals surface area contributed by atoms with Crippen molar-refractivity contribution in [2.75, 3.05) is 20.2 Å². The highest BCUT2D eigenvalue weighted by Crippen LogP contribution is 2.30. The smallest absolute Gasteiger partial charge is 0.310 e. The molecule has 1 aliphatic rings. The largest absolute Gasteiger partial charge is 0.469 e. The normalized spacial score (nSPS) is 23.2. The van der Waals surface area contributed by atoms with Crippen molar-refractivity contribution in [1.29, 1.82) is 0 Å². The Kier molecular flexibility index (Phi) is 4.77. The SMILES string of the molecule is COC(=O)C1CN(S(=O)(=O)c2cnc(Cl)c(Cl)c2)CC1C. The van der Waals surface area contributed by atoms with E-state index in [1.807, 2.05) is 6.92 Å². The molecular formula is C12H14Cl2N2O4S. The molecule has 1 aromatic heterocycles. The second-order valence-corrected chi connectivity index (χ2v) is 7.58. The number of rotatable bonds is 3. The molecule has 2 unspecified atom stereocenters. The lowest BCUT2D eigenvalue weighted by molar-refractivity contribution is -0.145. The fraction of sp³-hybridized carbons (Fsp3) is 0.500. The number of pyridine rings is 1. The number of esters is 1. The molecule has 9 heteroatoms. The molecule has 116 valence electrons. The summed E-state index contributed by atoms with van der Waals surface area (Å²) in [4.78, 5) is 15.3. The van der Waals surface area contributed by atoms with E-state index in [4.69, 9.17) is 27.9 Å². The number of nitrogens with zero attached hydrogens (tertiary/aromatic N) is 2. The highest BCUT2D eigenvalue weighted by atomic mass is 35.5. The molecule has 0 radical (unpaired) electrons. The quantitative estimate of drug-likeness (QED) is 0.612. The van der Waals surface area contributed by atoms with Gasteiger partial charge in [-0.05, 0) is 12.0 Å². The third kappa shape index (κ3) is 3.15. The third-order valence-corrected chi connectivity index (χ3v) is 5.97. The molecule has 6 nitrogen and oxygen atoms in total. The first-order chi connectivity index (χ1) is 9.77. The molecular weight excluding hydrogens is 339 g/mol. The van der Waals surface area contributed by atoms with E-state index in [1.54, 1.807) is 0 Å². The van der Waals surface area contributed by atoms with Crippen molar-refractivity contribution in [3.05, 3.63) is 22.4 Å². The van der Waals surface area contributed by atoms with Crippen LogP contribution in [0.15, 0.2) is 17.2 Å². The fourth-order valence-electron chi connectivity index (χ4n) is 2.27. The summed E-state index contributed by atoms with van der Waals surface area (Å²) >= 11 is 11.5. The summed E-state index contributed by atoms with van der Waals surface area (Å²) in [5.41, 5.74) is 0. The summed E-state index contributed by atoms with van der Waals surface area (Å²) in [7, 11) is -2.48. The lowest BCUT2D eigenvalue weighted by Gasteiger charge is -2.16.